The van der Waals surface area contributed by atoms with Crippen molar-refractivity contribution >= 4 is 17.7 Å². The van der Waals surface area contributed by atoms with E-state index in [1.807, 2.05) is 17.9 Å². The second-order valence-corrected chi connectivity index (χ2v) is 6.32. The summed E-state index contributed by atoms with van der Waals surface area (Å²) in [5, 5.41) is 2.74. The lowest BCUT2D eigenvalue weighted by Gasteiger charge is -2.27. The Labute approximate surface area is 151 Å². The van der Waals surface area contributed by atoms with Gasteiger partial charge in [0.1, 0.15) is 5.82 Å². The number of aryl methyl sites for hydroxylation is 2. The summed E-state index contributed by atoms with van der Waals surface area (Å²) in [4.78, 5) is 38.0. The Kier molecular flexibility index (Phi) is 5.62. The lowest BCUT2D eigenvalue weighted by molar-refractivity contribution is -0.116. The van der Waals surface area contributed by atoms with Gasteiger partial charge >= 0.3 is 0 Å². The smallest absolute Gasteiger partial charge is 0.255 e. The molecule has 3 heterocycles. The molecule has 1 aliphatic rings. The van der Waals surface area contributed by atoms with E-state index in [0.717, 1.165) is 5.56 Å². The molecule has 8 heteroatoms. The van der Waals surface area contributed by atoms with Crippen LogP contribution in [0.1, 0.15) is 23.2 Å². The summed E-state index contributed by atoms with van der Waals surface area (Å²) in [5.74, 6) is 0.886. The van der Waals surface area contributed by atoms with E-state index in [-0.39, 0.29) is 17.9 Å². The minimum atomic E-state index is -0.194. The first kappa shape index (κ1) is 18.1. The second-order valence-electron chi connectivity index (χ2n) is 6.32. The molecule has 0 radical (unpaired) electrons. The number of nitrogens with one attached hydrogen (secondary N) is 2. The third-order valence-electron chi connectivity index (χ3n) is 4.30. The molecule has 138 valence electrons. The summed E-state index contributed by atoms with van der Waals surface area (Å²) in [6, 6.07) is 3.63. The maximum absolute atomic E-state index is 12.4. The molecule has 0 atom stereocenters. The number of pyridine rings is 1. The average molecular weight is 357 g/mol. The molecule has 1 amide bonds. The van der Waals surface area contributed by atoms with Crippen LogP contribution in [-0.4, -0.2) is 47.2 Å². The average Bonchev–Trinajstić information content (AvgIpc) is 2.63. The van der Waals surface area contributed by atoms with Crippen LogP contribution < -0.4 is 15.8 Å². The predicted octanol–water partition coefficient (Wildman–Crippen LogP) is 1.19. The standard InChI is InChI=1S/C18H23N5O3/c1-12-3-5-15(19-11-12)21-16(24)6-4-14-13(2)20-18(22-17(14)25)23-7-9-26-10-8-23/h3,5,11H,4,6-10H2,1-2H3,(H,19,21,24)(H,20,22,25). The van der Waals surface area contributed by atoms with Gasteiger partial charge in [0, 0.05) is 37.0 Å². The quantitative estimate of drug-likeness (QED) is 0.834. The van der Waals surface area contributed by atoms with E-state index in [0.29, 0.717) is 55.7 Å². The molecule has 0 spiro atoms. The fraction of sp³-hybridized carbons (Fsp3) is 0.444. The summed E-state index contributed by atoms with van der Waals surface area (Å²) >= 11 is 0. The van der Waals surface area contributed by atoms with Crippen LogP contribution in [0.25, 0.3) is 0 Å². The first-order valence-electron chi connectivity index (χ1n) is 8.68. The van der Waals surface area contributed by atoms with Crippen LogP contribution >= 0.6 is 0 Å². The highest BCUT2D eigenvalue weighted by Crippen LogP contribution is 2.12. The van der Waals surface area contributed by atoms with Crippen LogP contribution in [0, 0.1) is 13.8 Å². The van der Waals surface area contributed by atoms with Gasteiger partial charge in [0.2, 0.25) is 11.9 Å². The number of aromatic nitrogens is 3. The number of aromatic amines is 1. The molecule has 3 rings (SSSR count). The SMILES string of the molecule is Cc1ccc(NC(=O)CCc2c(C)nc(N3CCOCC3)[nH]c2=O)nc1. The number of amides is 1. The first-order chi connectivity index (χ1) is 12.5. The van der Waals surface area contributed by atoms with E-state index in [1.165, 1.54) is 0 Å². The number of ether oxygens (including phenoxy) is 1. The Morgan fingerprint density at radius 1 is 1.31 bits per heavy atom. The Bertz CT molecular complexity index is 826. The molecule has 8 nitrogen and oxygen atoms in total. The monoisotopic (exact) mass is 357 g/mol. The molecule has 26 heavy (non-hydrogen) atoms. The second kappa shape index (κ2) is 8.09. The summed E-state index contributed by atoms with van der Waals surface area (Å²) < 4.78 is 5.31. The van der Waals surface area contributed by atoms with E-state index in [2.05, 4.69) is 20.3 Å². The zero-order valence-corrected chi connectivity index (χ0v) is 15.0. The molecule has 0 bridgehead atoms. The third-order valence-corrected chi connectivity index (χ3v) is 4.30. The van der Waals surface area contributed by atoms with Crippen LogP contribution in [0.3, 0.4) is 0 Å². The van der Waals surface area contributed by atoms with Crippen molar-refractivity contribution in [2.24, 2.45) is 0 Å². The highest BCUT2D eigenvalue weighted by molar-refractivity contribution is 5.89. The minimum Gasteiger partial charge on any atom is -0.378 e. The Balaban J connectivity index is 1.63. The minimum absolute atomic E-state index is 0.183. The number of carbonyl (C=O) groups is 1. The molecule has 1 aliphatic heterocycles. The molecule has 2 aromatic rings. The van der Waals surface area contributed by atoms with Crippen molar-refractivity contribution in [1.29, 1.82) is 0 Å². The Morgan fingerprint density at radius 2 is 2.08 bits per heavy atom. The van der Waals surface area contributed by atoms with Crippen molar-refractivity contribution < 1.29 is 9.53 Å². The van der Waals surface area contributed by atoms with Gasteiger partial charge in [0.25, 0.3) is 5.56 Å². The van der Waals surface area contributed by atoms with E-state index in [9.17, 15) is 9.59 Å². The van der Waals surface area contributed by atoms with Crippen molar-refractivity contribution in [2.45, 2.75) is 26.7 Å². The molecule has 2 aromatic heterocycles. The maximum Gasteiger partial charge on any atom is 0.255 e. The van der Waals surface area contributed by atoms with Gasteiger partial charge in [-0.1, -0.05) is 6.07 Å². The van der Waals surface area contributed by atoms with Crippen LogP contribution in [0.5, 0.6) is 0 Å². The molecule has 0 unspecified atom stereocenters. The number of hydrogen-bond donors (Lipinski definition) is 2. The maximum atomic E-state index is 12.4. The summed E-state index contributed by atoms with van der Waals surface area (Å²) in [6.07, 6.45) is 2.21. The van der Waals surface area contributed by atoms with Crippen molar-refractivity contribution in [1.82, 2.24) is 15.0 Å². The lowest BCUT2D eigenvalue weighted by atomic mass is 10.1. The number of morpholine rings is 1. The number of carbonyl (C=O) groups excluding carboxylic acids is 1. The lowest BCUT2D eigenvalue weighted by Crippen LogP contribution is -2.38. The fourth-order valence-electron chi connectivity index (χ4n) is 2.80. The van der Waals surface area contributed by atoms with Gasteiger partial charge in [0.15, 0.2) is 0 Å². The zero-order valence-electron chi connectivity index (χ0n) is 15.0. The van der Waals surface area contributed by atoms with Gasteiger partial charge in [-0.25, -0.2) is 9.97 Å². The Hall–Kier alpha value is -2.74. The highest BCUT2D eigenvalue weighted by atomic mass is 16.5. The van der Waals surface area contributed by atoms with Gasteiger partial charge in [0.05, 0.1) is 13.2 Å². The molecule has 1 saturated heterocycles. The largest absolute Gasteiger partial charge is 0.378 e. The number of anilines is 2. The van der Waals surface area contributed by atoms with E-state index >= 15 is 0 Å². The van der Waals surface area contributed by atoms with E-state index in [1.54, 1.807) is 19.2 Å². The highest BCUT2D eigenvalue weighted by Gasteiger charge is 2.16. The van der Waals surface area contributed by atoms with Crippen LogP contribution in [0.15, 0.2) is 23.1 Å². The van der Waals surface area contributed by atoms with Crippen LogP contribution in [0.4, 0.5) is 11.8 Å². The van der Waals surface area contributed by atoms with Gasteiger partial charge in [-0.2, -0.15) is 0 Å². The van der Waals surface area contributed by atoms with Crippen molar-refractivity contribution in [2.75, 3.05) is 36.5 Å². The van der Waals surface area contributed by atoms with Crippen LogP contribution in [-0.2, 0) is 16.0 Å². The number of rotatable bonds is 5. The Morgan fingerprint density at radius 3 is 2.73 bits per heavy atom. The van der Waals surface area contributed by atoms with E-state index in [4.69, 9.17) is 4.74 Å². The number of H-pyrrole nitrogens is 1. The van der Waals surface area contributed by atoms with Crippen LogP contribution in [0.2, 0.25) is 0 Å². The normalized spacial score (nSPS) is 14.3. The third kappa shape index (κ3) is 4.45. The molecule has 0 saturated carbocycles. The number of hydrogen-bond acceptors (Lipinski definition) is 6. The van der Waals surface area contributed by atoms with Crippen molar-refractivity contribution in [3.63, 3.8) is 0 Å². The van der Waals surface area contributed by atoms with Gasteiger partial charge in [-0.05, 0) is 31.9 Å². The molecule has 0 aromatic carbocycles. The molecule has 1 fully saturated rings. The molecular formula is C18H23N5O3. The van der Waals surface area contributed by atoms with E-state index < -0.39 is 0 Å². The number of nitrogens with zero attached hydrogens (tertiary/aromatic N) is 3. The van der Waals surface area contributed by atoms with Crippen molar-refractivity contribution in [3.05, 3.63) is 45.5 Å². The van der Waals surface area contributed by atoms with Crippen molar-refractivity contribution in [3.8, 4) is 0 Å². The van der Waals surface area contributed by atoms with Gasteiger partial charge < -0.3 is 15.0 Å². The molecule has 2 N–H and O–H groups in total. The summed E-state index contributed by atoms with van der Waals surface area (Å²) in [5.41, 5.74) is 2.02. The fourth-order valence-corrected chi connectivity index (χ4v) is 2.80. The predicted molar refractivity (Wildman–Crippen MR) is 98.6 cm³/mol. The summed E-state index contributed by atoms with van der Waals surface area (Å²) in [6.45, 7) is 6.38. The van der Waals surface area contributed by atoms with Gasteiger partial charge in [-0.15, -0.1) is 0 Å². The van der Waals surface area contributed by atoms with Gasteiger partial charge in [-0.3, -0.25) is 14.6 Å². The first-order valence-corrected chi connectivity index (χ1v) is 8.68. The molecule has 0 aliphatic carbocycles. The zero-order chi connectivity index (χ0) is 18.5. The molecular weight excluding hydrogens is 334 g/mol. The summed E-state index contributed by atoms with van der Waals surface area (Å²) in [7, 11) is 0. The topological polar surface area (TPSA) is 100 Å².